The van der Waals surface area contributed by atoms with Gasteiger partial charge < -0.3 is 0 Å². The van der Waals surface area contributed by atoms with Gasteiger partial charge in [-0.05, 0) is 23.4 Å². The van der Waals surface area contributed by atoms with Gasteiger partial charge in [-0.25, -0.2) is 9.97 Å². The van der Waals surface area contributed by atoms with Crippen molar-refractivity contribution in [2.75, 3.05) is 6.26 Å². The average molecular weight is 278 g/mol. The molecule has 0 amide bonds. The summed E-state index contributed by atoms with van der Waals surface area (Å²) in [6, 6.07) is 20.8. The van der Waals surface area contributed by atoms with Gasteiger partial charge in [0.25, 0.3) is 0 Å². The van der Waals surface area contributed by atoms with Gasteiger partial charge in [-0.15, -0.1) is 0 Å². The summed E-state index contributed by atoms with van der Waals surface area (Å²) in [4.78, 5) is 8.72. The third-order valence-electron chi connectivity index (χ3n) is 3.10. The Labute approximate surface area is 122 Å². The zero-order valence-electron chi connectivity index (χ0n) is 11.2. The van der Waals surface area contributed by atoms with Crippen LogP contribution in [0.3, 0.4) is 0 Å². The minimum atomic E-state index is 0.801. The normalized spacial score (nSPS) is 10.4. The van der Waals surface area contributed by atoms with Gasteiger partial charge in [0.1, 0.15) is 0 Å². The van der Waals surface area contributed by atoms with Crippen LogP contribution in [0.2, 0.25) is 0 Å². The number of hydrogen-bond donors (Lipinski definition) is 0. The lowest BCUT2D eigenvalue weighted by Crippen LogP contribution is -1.88. The number of nitrogens with zero attached hydrogens (tertiary/aromatic N) is 2. The van der Waals surface area contributed by atoms with Crippen molar-refractivity contribution in [2.24, 2.45) is 0 Å². The first-order chi connectivity index (χ1) is 9.86. The summed E-state index contributed by atoms with van der Waals surface area (Å²) in [5.74, 6) is 0. The maximum Gasteiger partial charge on any atom is 0.187 e. The summed E-state index contributed by atoms with van der Waals surface area (Å²) in [5, 5.41) is 0.801. The van der Waals surface area contributed by atoms with Crippen LogP contribution in [0.1, 0.15) is 0 Å². The highest BCUT2D eigenvalue weighted by molar-refractivity contribution is 7.98. The molecule has 3 aromatic rings. The van der Waals surface area contributed by atoms with E-state index in [4.69, 9.17) is 0 Å². The predicted octanol–water partition coefficient (Wildman–Crippen LogP) is 4.53. The van der Waals surface area contributed by atoms with Gasteiger partial charge in [-0.1, -0.05) is 66.4 Å². The van der Waals surface area contributed by atoms with Crippen LogP contribution in [0.15, 0.2) is 72.0 Å². The van der Waals surface area contributed by atoms with Crippen molar-refractivity contribution in [1.82, 2.24) is 9.97 Å². The van der Waals surface area contributed by atoms with E-state index in [0.29, 0.717) is 0 Å². The van der Waals surface area contributed by atoms with Crippen LogP contribution in [0, 0.1) is 0 Å². The van der Waals surface area contributed by atoms with Crippen molar-refractivity contribution >= 4 is 11.8 Å². The highest BCUT2D eigenvalue weighted by atomic mass is 32.2. The van der Waals surface area contributed by atoms with Crippen LogP contribution in [0.25, 0.3) is 22.4 Å². The van der Waals surface area contributed by atoms with Gasteiger partial charge >= 0.3 is 0 Å². The van der Waals surface area contributed by atoms with E-state index in [1.807, 2.05) is 18.4 Å². The average Bonchev–Trinajstić information content (AvgIpc) is 2.56. The molecular formula is C17H14N2S. The van der Waals surface area contributed by atoms with Crippen molar-refractivity contribution in [1.29, 1.82) is 0 Å². The highest BCUT2D eigenvalue weighted by Crippen LogP contribution is 2.24. The van der Waals surface area contributed by atoms with Gasteiger partial charge in [0.2, 0.25) is 0 Å². The number of benzene rings is 2. The molecule has 3 heteroatoms. The van der Waals surface area contributed by atoms with E-state index in [1.165, 1.54) is 11.1 Å². The lowest BCUT2D eigenvalue weighted by Gasteiger charge is -2.05. The Hall–Kier alpha value is -2.13. The molecule has 0 aliphatic rings. The summed E-state index contributed by atoms with van der Waals surface area (Å²) >= 11 is 1.56. The molecule has 0 aliphatic heterocycles. The van der Waals surface area contributed by atoms with E-state index in [1.54, 1.807) is 18.0 Å². The first-order valence-electron chi connectivity index (χ1n) is 6.40. The maximum absolute atomic E-state index is 4.52. The lowest BCUT2D eigenvalue weighted by atomic mass is 10.0. The van der Waals surface area contributed by atoms with Crippen LogP contribution in [0.5, 0.6) is 0 Å². The van der Waals surface area contributed by atoms with Crippen LogP contribution in [-0.4, -0.2) is 16.2 Å². The fourth-order valence-electron chi connectivity index (χ4n) is 2.06. The summed E-state index contributed by atoms with van der Waals surface area (Å²) in [7, 11) is 0. The van der Waals surface area contributed by atoms with E-state index in [2.05, 4.69) is 58.5 Å². The van der Waals surface area contributed by atoms with Crippen molar-refractivity contribution in [2.45, 2.75) is 5.16 Å². The van der Waals surface area contributed by atoms with E-state index < -0.39 is 0 Å². The molecule has 2 aromatic carbocycles. The SMILES string of the molecule is CSc1nccc(-c2ccc(-c3ccccc3)cc2)n1. The van der Waals surface area contributed by atoms with Crippen molar-refractivity contribution in [3.05, 3.63) is 66.9 Å². The fourth-order valence-corrected chi connectivity index (χ4v) is 2.42. The summed E-state index contributed by atoms with van der Waals surface area (Å²) in [5.41, 5.74) is 4.52. The molecule has 1 aromatic heterocycles. The molecule has 3 rings (SSSR count). The Morgan fingerprint density at radius 1 is 0.750 bits per heavy atom. The Bertz CT molecular complexity index is 694. The van der Waals surface area contributed by atoms with Gasteiger partial charge in [-0.2, -0.15) is 0 Å². The topological polar surface area (TPSA) is 25.8 Å². The van der Waals surface area contributed by atoms with Crippen molar-refractivity contribution in [3.8, 4) is 22.4 Å². The third kappa shape index (κ3) is 2.73. The Kier molecular flexibility index (Phi) is 3.79. The Balaban J connectivity index is 1.93. The molecule has 0 aliphatic carbocycles. The van der Waals surface area contributed by atoms with Crippen molar-refractivity contribution < 1.29 is 0 Å². The van der Waals surface area contributed by atoms with Crippen LogP contribution in [-0.2, 0) is 0 Å². The van der Waals surface area contributed by atoms with E-state index >= 15 is 0 Å². The monoisotopic (exact) mass is 278 g/mol. The summed E-state index contributed by atoms with van der Waals surface area (Å²) in [6.07, 6.45) is 3.79. The molecule has 0 atom stereocenters. The molecule has 1 heterocycles. The maximum atomic E-state index is 4.52. The standard InChI is InChI=1S/C17H14N2S/c1-20-17-18-12-11-16(19-17)15-9-7-14(8-10-15)13-5-3-2-4-6-13/h2-12H,1H3. The minimum Gasteiger partial charge on any atom is -0.231 e. The van der Waals surface area contributed by atoms with Crippen LogP contribution >= 0.6 is 11.8 Å². The molecule has 2 nitrogen and oxygen atoms in total. The summed E-state index contributed by atoms with van der Waals surface area (Å²) < 4.78 is 0. The van der Waals surface area contributed by atoms with E-state index in [-0.39, 0.29) is 0 Å². The summed E-state index contributed by atoms with van der Waals surface area (Å²) in [6.45, 7) is 0. The second-order valence-electron chi connectivity index (χ2n) is 4.37. The molecule has 0 saturated heterocycles. The van der Waals surface area contributed by atoms with Crippen molar-refractivity contribution in [3.63, 3.8) is 0 Å². The lowest BCUT2D eigenvalue weighted by molar-refractivity contribution is 0.976. The third-order valence-corrected chi connectivity index (χ3v) is 3.67. The zero-order valence-corrected chi connectivity index (χ0v) is 12.0. The zero-order chi connectivity index (χ0) is 13.8. The molecular weight excluding hydrogens is 264 g/mol. The molecule has 98 valence electrons. The Morgan fingerprint density at radius 3 is 2.10 bits per heavy atom. The van der Waals surface area contributed by atoms with Gasteiger partial charge in [0.05, 0.1) is 5.69 Å². The highest BCUT2D eigenvalue weighted by Gasteiger charge is 2.02. The number of hydrogen-bond acceptors (Lipinski definition) is 3. The second-order valence-corrected chi connectivity index (χ2v) is 5.15. The first-order valence-corrected chi connectivity index (χ1v) is 7.62. The van der Waals surface area contributed by atoms with Gasteiger partial charge in [0, 0.05) is 11.8 Å². The van der Waals surface area contributed by atoms with Crippen LogP contribution in [0.4, 0.5) is 0 Å². The van der Waals surface area contributed by atoms with Crippen LogP contribution < -0.4 is 0 Å². The molecule has 0 spiro atoms. The minimum absolute atomic E-state index is 0.801. The number of thioether (sulfide) groups is 1. The van der Waals surface area contributed by atoms with Gasteiger partial charge in [0.15, 0.2) is 5.16 Å². The largest absolute Gasteiger partial charge is 0.231 e. The molecule has 0 N–H and O–H groups in total. The predicted molar refractivity (Wildman–Crippen MR) is 84.7 cm³/mol. The van der Waals surface area contributed by atoms with E-state index in [0.717, 1.165) is 16.4 Å². The fraction of sp³-hybridized carbons (Fsp3) is 0.0588. The quantitative estimate of drug-likeness (QED) is 0.520. The van der Waals surface area contributed by atoms with E-state index in [9.17, 15) is 0 Å². The number of rotatable bonds is 3. The molecule has 0 radical (unpaired) electrons. The molecule has 0 unspecified atom stereocenters. The van der Waals surface area contributed by atoms with Gasteiger partial charge in [-0.3, -0.25) is 0 Å². The molecule has 0 saturated carbocycles. The smallest absolute Gasteiger partial charge is 0.187 e. The Morgan fingerprint density at radius 2 is 1.40 bits per heavy atom. The number of aromatic nitrogens is 2. The molecule has 0 fully saturated rings. The second kappa shape index (κ2) is 5.88. The molecule has 0 bridgehead atoms. The first kappa shape index (κ1) is 12.9. The molecule has 20 heavy (non-hydrogen) atoms.